The summed E-state index contributed by atoms with van der Waals surface area (Å²) in [5.41, 5.74) is 13.1. The summed E-state index contributed by atoms with van der Waals surface area (Å²) in [5.74, 6) is 0.873. The zero-order chi connectivity index (χ0) is 23.5. The number of nitrogens with one attached hydrogen (secondary N) is 2. The van der Waals surface area contributed by atoms with Gasteiger partial charge in [-0.3, -0.25) is 9.88 Å². The van der Waals surface area contributed by atoms with Gasteiger partial charge >= 0.3 is 0 Å². The van der Waals surface area contributed by atoms with Gasteiger partial charge in [-0.1, -0.05) is 12.1 Å². The molecule has 176 valence electrons. The number of hydrogen-bond acceptors (Lipinski definition) is 6. The van der Waals surface area contributed by atoms with E-state index < -0.39 is 0 Å². The van der Waals surface area contributed by atoms with E-state index in [2.05, 4.69) is 69.4 Å². The summed E-state index contributed by atoms with van der Waals surface area (Å²) in [7, 11) is 2.17. The van der Waals surface area contributed by atoms with Crippen molar-refractivity contribution < 1.29 is 4.74 Å². The fraction of sp³-hybridized carbons (Fsp3) is 0.296. The number of pyridine rings is 1. The highest BCUT2D eigenvalue weighted by Crippen LogP contribution is 2.36. The molecule has 3 heterocycles. The third-order valence-corrected chi connectivity index (χ3v) is 6.68. The first kappa shape index (κ1) is 22.3. The standard InChI is InChI=1S/C27H32N6O/c1-19-22-9-10-30-26(22)8-7-25(19)31-27-23(17-29-18-24(27)28)20-3-5-21(6-4-20)34-16-15-33-13-11-32(2)12-14-33/h3-10,17-18,30H,11-16,28H2,1-2H3,(H,29,31). The number of aromatic amines is 1. The average Bonchev–Trinajstić information content (AvgIpc) is 3.33. The van der Waals surface area contributed by atoms with Crippen molar-refractivity contribution in [1.82, 2.24) is 19.8 Å². The molecular weight excluding hydrogens is 424 g/mol. The molecule has 0 atom stereocenters. The molecule has 7 heteroatoms. The lowest BCUT2D eigenvalue weighted by molar-refractivity contribution is 0.134. The SMILES string of the molecule is Cc1c(Nc2c(N)cncc2-c2ccc(OCCN3CCN(C)CC3)cc2)ccc2[nH]ccc12. The fourth-order valence-corrected chi connectivity index (χ4v) is 4.48. The second kappa shape index (κ2) is 9.75. The molecule has 0 radical (unpaired) electrons. The summed E-state index contributed by atoms with van der Waals surface area (Å²) >= 11 is 0. The lowest BCUT2D eigenvalue weighted by Crippen LogP contribution is -2.45. The van der Waals surface area contributed by atoms with Crippen LogP contribution < -0.4 is 15.8 Å². The Balaban J connectivity index is 1.30. The number of nitrogens with two attached hydrogens (primary N) is 1. The molecule has 0 unspecified atom stereocenters. The Hall–Kier alpha value is -3.55. The van der Waals surface area contributed by atoms with Gasteiger partial charge in [0.05, 0.1) is 17.6 Å². The maximum absolute atomic E-state index is 6.36. The summed E-state index contributed by atoms with van der Waals surface area (Å²) < 4.78 is 6.01. The Bertz CT molecular complexity index is 1260. The van der Waals surface area contributed by atoms with Gasteiger partial charge in [0.2, 0.25) is 0 Å². The molecule has 0 spiro atoms. The maximum Gasteiger partial charge on any atom is 0.119 e. The second-order valence-corrected chi connectivity index (χ2v) is 8.97. The fourth-order valence-electron chi connectivity index (χ4n) is 4.48. The summed E-state index contributed by atoms with van der Waals surface area (Å²) in [4.78, 5) is 12.4. The van der Waals surface area contributed by atoms with Crippen LogP contribution in [-0.4, -0.2) is 66.1 Å². The Labute approximate surface area is 200 Å². The van der Waals surface area contributed by atoms with Crippen LogP contribution in [0.15, 0.2) is 61.1 Å². The van der Waals surface area contributed by atoms with Crippen LogP contribution in [0.25, 0.3) is 22.0 Å². The minimum atomic E-state index is 0.610. The van der Waals surface area contributed by atoms with Gasteiger partial charge in [-0.2, -0.15) is 0 Å². The number of ether oxygens (including phenoxy) is 1. The van der Waals surface area contributed by atoms with E-state index in [0.717, 1.165) is 66.5 Å². The van der Waals surface area contributed by atoms with Crippen LogP contribution in [0.4, 0.5) is 17.1 Å². The molecule has 1 saturated heterocycles. The molecule has 4 N–H and O–H groups in total. The Kier molecular flexibility index (Phi) is 6.38. The van der Waals surface area contributed by atoms with E-state index in [1.54, 1.807) is 6.20 Å². The number of fused-ring (bicyclic) bond motifs is 1. The van der Waals surface area contributed by atoms with E-state index in [-0.39, 0.29) is 0 Å². The van der Waals surface area contributed by atoms with Gasteiger partial charge in [-0.25, -0.2) is 0 Å². The van der Waals surface area contributed by atoms with Crippen LogP contribution in [0, 0.1) is 6.92 Å². The highest BCUT2D eigenvalue weighted by atomic mass is 16.5. The maximum atomic E-state index is 6.36. The van der Waals surface area contributed by atoms with Crippen molar-refractivity contribution in [3.8, 4) is 16.9 Å². The normalized spacial score (nSPS) is 15.0. The molecule has 0 saturated carbocycles. The second-order valence-electron chi connectivity index (χ2n) is 8.97. The van der Waals surface area contributed by atoms with Gasteiger partial charge in [0, 0.05) is 67.3 Å². The molecule has 34 heavy (non-hydrogen) atoms. The molecule has 0 bridgehead atoms. The first-order chi connectivity index (χ1) is 16.6. The van der Waals surface area contributed by atoms with E-state index in [4.69, 9.17) is 10.5 Å². The molecule has 1 fully saturated rings. The van der Waals surface area contributed by atoms with Gasteiger partial charge in [-0.15, -0.1) is 0 Å². The number of nitrogens with zero attached hydrogens (tertiary/aromatic N) is 3. The molecular formula is C27H32N6O. The van der Waals surface area contributed by atoms with Crippen molar-refractivity contribution in [3.63, 3.8) is 0 Å². The first-order valence-corrected chi connectivity index (χ1v) is 11.8. The monoisotopic (exact) mass is 456 g/mol. The number of hydrogen-bond donors (Lipinski definition) is 3. The van der Waals surface area contributed by atoms with Crippen LogP contribution in [-0.2, 0) is 0 Å². The molecule has 2 aromatic heterocycles. The topological polar surface area (TPSA) is 82.4 Å². The number of nitrogen functional groups attached to an aromatic ring is 1. The minimum absolute atomic E-state index is 0.610. The molecule has 7 nitrogen and oxygen atoms in total. The Morgan fingerprint density at radius 2 is 1.82 bits per heavy atom. The molecule has 5 rings (SSSR count). The smallest absolute Gasteiger partial charge is 0.119 e. The van der Waals surface area contributed by atoms with Gasteiger partial charge in [0.25, 0.3) is 0 Å². The van der Waals surface area contributed by atoms with E-state index in [1.165, 1.54) is 10.9 Å². The molecule has 4 aromatic rings. The van der Waals surface area contributed by atoms with Crippen LogP contribution >= 0.6 is 0 Å². The molecule has 0 aliphatic carbocycles. The quantitative estimate of drug-likeness (QED) is 0.380. The summed E-state index contributed by atoms with van der Waals surface area (Å²) in [6.45, 7) is 8.21. The zero-order valence-electron chi connectivity index (χ0n) is 19.8. The van der Waals surface area contributed by atoms with E-state index in [1.807, 2.05) is 24.5 Å². The number of likely N-dealkylation sites (N-methyl/N-ethyl adjacent to an activating group) is 1. The van der Waals surface area contributed by atoms with Gasteiger partial charge in [-0.05, 0) is 55.4 Å². The molecule has 1 aliphatic heterocycles. The lowest BCUT2D eigenvalue weighted by atomic mass is 10.0. The third-order valence-electron chi connectivity index (χ3n) is 6.68. The van der Waals surface area contributed by atoms with E-state index in [9.17, 15) is 0 Å². The van der Waals surface area contributed by atoms with E-state index >= 15 is 0 Å². The van der Waals surface area contributed by atoms with Crippen molar-refractivity contribution in [2.75, 3.05) is 57.4 Å². The van der Waals surface area contributed by atoms with E-state index in [0.29, 0.717) is 12.3 Å². The number of aryl methyl sites for hydroxylation is 1. The van der Waals surface area contributed by atoms with Crippen molar-refractivity contribution in [1.29, 1.82) is 0 Å². The zero-order valence-corrected chi connectivity index (χ0v) is 19.8. The minimum Gasteiger partial charge on any atom is -0.492 e. The number of H-pyrrole nitrogens is 1. The Morgan fingerprint density at radius 1 is 1.03 bits per heavy atom. The number of piperazine rings is 1. The highest BCUT2D eigenvalue weighted by molar-refractivity contribution is 5.93. The van der Waals surface area contributed by atoms with Crippen LogP contribution in [0.3, 0.4) is 0 Å². The highest BCUT2D eigenvalue weighted by Gasteiger charge is 2.14. The largest absolute Gasteiger partial charge is 0.492 e. The van der Waals surface area contributed by atoms with Crippen molar-refractivity contribution in [2.24, 2.45) is 0 Å². The number of aromatic nitrogens is 2. The van der Waals surface area contributed by atoms with Crippen LogP contribution in [0.1, 0.15) is 5.56 Å². The molecule has 1 aliphatic rings. The predicted molar refractivity (Wildman–Crippen MR) is 140 cm³/mol. The predicted octanol–water partition coefficient (Wildman–Crippen LogP) is 4.49. The average molecular weight is 457 g/mol. The summed E-state index contributed by atoms with van der Waals surface area (Å²) in [6.07, 6.45) is 5.50. The van der Waals surface area contributed by atoms with Crippen molar-refractivity contribution in [2.45, 2.75) is 6.92 Å². The Morgan fingerprint density at radius 3 is 2.62 bits per heavy atom. The lowest BCUT2D eigenvalue weighted by Gasteiger charge is -2.32. The van der Waals surface area contributed by atoms with Gasteiger partial charge in [0.1, 0.15) is 12.4 Å². The number of benzene rings is 2. The van der Waals surface area contributed by atoms with Crippen LogP contribution in [0.2, 0.25) is 0 Å². The van der Waals surface area contributed by atoms with Crippen molar-refractivity contribution >= 4 is 28.0 Å². The van der Waals surface area contributed by atoms with Crippen LogP contribution in [0.5, 0.6) is 5.75 Å². The number of anilines is 3. The summed E-state index contributed by atoms with van der Waals surface area (Å²) in [6, 6.07) is 14.4. The van der Waals surface area contributed by atoms with Gasteiger partial charge in [0.15, 0.2) is 0 Å². The van der Waals surface area contributed by atoms with Crippen molar-refractivity contribution in [3.05, 3.63) is 66.6 Å². The number of rotatable bonds is 7. The first-order valence-electron chi connectivity index (χ1n) is 11.8. The summed E-state index contributed by atoms with van der Waals surface area (Å²) in [5, 5.41) is 4.75. The third kappa shape index (κ3) is 4.71. The molecule has 2 aromatic carbocycles. The molecule has 0 amide bonds. The van der Waals surface area contributed by atoms with Gasteiger partial charge < -0.3 is 25.7 Å².